The second-order valence-corrected chi connectivity index (χ2v) is 4.57. The Balaban J connectivity index is 1.78. The molecule has 0 aliphatic carbocycles. The molecule has 6 heteroatoms. The molecule has 1 fully saturated rings. The van der Waals surface area contributed by atoms with Crippen molar-refractivity contribution in [2.45, 2.75) is 0 Å². The van der Waals surface area contributed by atoms with E-state index in [1.807, 2.05) is 6.07 Å². The van der Waals surface area contributed by atoms with Crippen molar-refractivity contribution in [2.24, 2.45) is 0 Å². The third-order valence-corrected chi connectivity index (χ3v) is 3.25. The summed E-state index contributed by atoms with van der Waals surface area (Å²) in [6.45, 7) is 2.09. The number of hydrogen-bond donors (Lipinski definition) is 1. The van der Waals surface area contributed by atoms with Gasteiger partial charge in [0.2, 0.25) is 12.3 Å². The summed E-state index contributed by atoms with van der Waals surface area (Å²) in [7, 11) is 0. The Hall–Kier alpha value is -2.37. The van der Waals surface area contributed by atoms with Gasteiger partial charge in [0, 0.05) is 31.7 Å². The molecule has 0 atom stereocenters. The van der Waals surface area contributed by atoms with Crippen LogP contribution in [0.25, 0.3) is 0 Å². The van der Waals surface area contributed by atoms with Crippen molar-refractivity contribution in [1.29, 1.82) is 0 Å². The summed E-state index contributed by atoms with van der Waals surface area (Å²) in [5.74, 6) is -0.384. The Kier molecular flexibility index (Phi) is 4.70. The van der Waals surface area contributed by atoms with Crippen LogP contribution in [0.2, 0.25) is 0 Å². The average Bonchev–Trinajstić information content (AvgIpc) is 2.53. The molecule has 106 valence electrons. The van der Waals surface area contributed by atoms with Crippen molar-refractivity contribution in [2.75, 3.05) is 32.7 Å². The van der Waals surface area contributed by atoms with Crippen LogP contribution >= 0.6 is 0 Å². The summed E-state index contributed by atoms with van der Waals surface area (Å²) < 4.78 is 0. The monoisotopic (exact) mass is 275 g/mol. The largest absolute Gasteiger partial charge is 0.343 e. The Bertz CT molecular complexity index is 482. The maximum Gasteiger partial charge on any atom is 0.251 e. The van der Waals surface area contributed by atoms with Crippen LogP contribution < -0.4 is 5.32 Å². The van der Waals surface area contributed by atoms with Crippen molar-refractivity contribution in [3.05, 3.63) is 35.9 Å². The first kappa shape index (κ1) is 14.0. The maximum atomic E-state index is 11.9. The van der Waals surface area contributed by atoms with Gasteiger partial charge in [0.05, 0.1) is 6.54 Å². The zero-order valence-electron chi connectivity index (χ0n) is 11.1. The average molecular weight is 275 g/mol. The van der Waals surface area contributed by atoms with E-state index in [9.17, 15) is 14.4 Å². The smallest absolute Gasteiger partial charge is 0.251 e. The molecule has 1 heterocycles. The molecule has 1 aliphatic heterocycles. The van der Waals surface area contributed by atoms with Crippen molar-refractivity contribution in [3.8, 4) is 0 Å². The Labute approximate surface area is 117 Å². The van der Waals surface area contributed by atoms with Gasteiger partial charge in [-0.15, -0.1) is 0 Å². The Morgan fingerprint density at radius 1 is 1.10 bits per heavy atom. The Morgan fingerprint density at radius 3 is 2.35 bits per heavy atom. The molecular weight excluding hydrogens is 258 g/mol. The van der Waals surface area contributed by atoms with Gasteiger partial charge in [-0.1, -0.05) is 18.2 Å². The molecule has 0 unspecified atom stereocenters. The second kappa shape index (κ2) is 6.70. The number of nitrogens with zero attached hydrogens (tertiary/aromatic N) is 2. The van der Waals surface area contributed by atoms with Crippen LogP contribution in [-0.4, -0.2) is 60.7 Å². The Morgan fingerprint density at radius 2 is 1.75 bits per heavy atom. The molecular formula is C14H17N3O3. The first-order valence-corrected chi connectivity index (χ1v) is 6.51. The maximum absolute atomic E-state index is 11.9. The first-order valence-electron chi connectivity index (χ1n) is 6.51. The lowest BCUT2D eigenvalue weighted by Gasteiger charge is -2.32. The standard InChI is InChI=1S/C14H17N3O3/c18-11-16-6-8-17(9-7-16)13(19)10-15-14(20)12-4-2-1-3-5-12/h1-5,11H,6-10H2,(H,15,20). The minimum atomic E-state index is -0.259. The predicted octanol–water partition coefficient (Wildman–Crippen LogP) is -0.283. The minimum absolute atomic E-state index is 0.0190. The lowest BCUT2D eigenvalue weighted by Crippen LogP contribution is -2.50. The van der Waals surface area contributed by atoms with Gasteiger partial charge in [0.15, 0.2) is 0 Å². The highest BCUT2D eigenvalue weighted by Gasteiger charge is 2.20. The van der Waals surface area contributed by atoms with Crippen LogP contribution in [0, 0.1) is 0 Å². The second-order valence-electron chi connectivity index (χ2n) is 4.57. The number of amides is 3. The molecule has 3 amide bonds. The van der Waals surface area contributed by atoms with Gasteiger partial charge in [0.25, 0.3) is 5.91 Å². The van der Waals surface area contributed by atoms with Crippen LogP contribution in [-0.2, 0) is 9.59 Å². The van der Waals surface area contributed by atoms with Crippen LogP contribution in [0.1, 0.15) is 10.4 Å². The van der Waals surface area contributed by atoms with Crippen LogP contribution in [0.3, 0.4) is 0 Å². The molecule has 6 nitrogen and oxygen atoms in total. The number of nitrogens with one attached hydrogen (secondary N) is 1. The van der Waals surface area contributed by atoms with Gasteiger partial charge in [-0.05, 0) is 12.1 Å². The van der Waals surface area contributed by atoms with Gasteiger partial charge in [-0.2, -0.15) is 0 Å². The molecule has 2 rings (SSSR count). The van der Waals surface area contributed by atoms with Crippen LogP contribution in [0.5, 0.6) is 0 Å². The summed E-state index contributed by atoms with van der Waals surface area (Å²) in [5.41, 5.74) is 0.533. The van der Waals surface area contributed by atoms with Crippen molar-refractivity contribution < 1.29 is 14.4 Å². The molecule has 1 N–H and O–H groups in total. The van der Waals surface area contributed by atoms with Crippen LogP contribution in [0.15, 0.2) is 30.3 Å². The van der Waals surface area contributed by atoms with E-state index in [0.717, 1.165) is 6.41 Å². The SMILES string of the molecule is O=CN1CCN(C(=O)CNC(=O)c2ccccc2)CC1. The molecule has 1 aromatic carbocycles. The zero-order valence-corrected chi connectivity index (χ0v) is 11.1. The number of hydrogen-bond acceptors (Lipinski definition) is 3. The fraction of sp³-hybridized carbons (Fsp3) is 0.357. The highest BCUT2D eigenvalue weighted by Crippen LogP contribution is 2.01. The number of carbonyl (C=O) groups excluding carboxylic acids is 3. The lowest BCUT2D eigenvalue weighted by atomic mass is 10.2. The van der Waals surface area contributed by atoms with Gasteiger partial charge in [-0.3, -0.25) is 14.4 Å². The quantitative estimate of drug-likeness (QED) is 0.768. The lowest BCUT2D eigenvalue weighted by molar-refractivity contribution is -0.134. The normalized spacial score (nSPS) is 14.8. The van der Waals surface area contributed by atoms with E-state index < -0.39 is 0 Å². The third kappa shape index (κ3) is 3.57. The van der Waals surface area contributed by atoms with E-state index in [1.54, 1.807) is 34.1 Å². The van der Waals surface area contributed by atoms with E-state index in [1.165, 1.54) is 0 Å². The molecule has 1 saturated heterocycles. The topological polar surface area (TPSA) is 69.7 Å². The van der Waals surface area contributed by atoms with Crippen molar-refractivity contribution in [1.82, 2.24) is 15.1 Å². The van der Waals surface area contributed by atoms with Gasteiger partial charge in [0.1, 0.15) is 0 Å². The van der Waals surface area contributed by atoms with Crippen molar-refractivity contribution in [3.63, 3.8) is 0 Å². The molecule has 0 radical (unpaired) electrons. The van der Waals surface area contributed by atoms with E-state index in [-0.39, 0.29) is 18.4 Å². The first-order chi connectivity index (χ1) is 9.70. The summed E-state index contributed by atoms with van der Waals surface area (Å²) in [6, 6.07) is 8.77. The molecule has 1 aromatic rings. The number of carbonyl (C=O) groups is 3. The summed E-state index contributed by atoms with van der Waals surface area (Å²) in [4.78, 5) is 37.6. The zero-order chi connectivity index (χ0) is 14.4. The number of piperazine rings is 1. The highest BCUT2D eigenvalue weighted by molar-refractivity contribution is 5.96. The molecule has 1 aliphatic rings. The van der Waals surface area contributed by atoms with Crippen LogP contribution in [0.4, 0.5) is 0 Å². The predicted molar refractivity (Wildman–Crippen MR) is 73.0 cm³/mol. The van der Waals surface area contributed by atoms with Gasteiger partial charge >= 0.3 is 0 Å². The fourth-order valence-electron chi connectivity index (χ4n) is 2.04. The van der Waals surface area contributed by atoms with Gasteiger partial charge in [-0.25, -0.2) is 0 Å². The van der Waals surface area contributed by atoms with E-state index in [0.29, 0.717) is 31.7 Å². The summed E-state index contributed by atoms with van der Waals surface area (Å²) in [5, 5.41) is 2.61. The minimum Gasteiger partial charge on any atom is -0.343 e. The highest BCUT2D eigenvalue weighted by atomic mass is 16.2. The molecule has 0 saturated carbocycles. The van der Waals surface area contributed by atoms with E-state index >= 15 is 0 Å². The number of benzene rings is 1. The number of rotatable bonds is 4. The third-order valence-electron chi connectivity index (χ3n) is 3.25. The molecule has 20 heavy (non-hydrogen) atoms. The fourth-order valence-corrected chi connectivity index (χ4v) is 2.04. The van der Waals surface area contributed by atoms with E-state index in [2.05, 4.69) is 5.32 Å². The molecule has 0 bridgehead atoms. The van der Waals surface area contributed by atoms with E-state index in [4.69, 9.17) is 0 Å². The summed E-state index contributed by atoms with van der Waals surface area (Å²) in [6.07, 6.45) is 0.791. The summed E-state index contributed by atoms with van der Waals surface area (Å²) >= 11 is 0. The molecule has 0 aromatic heterocycles. The molecule has 0 spiro atoms. The van der Waals surface area contributed by atoms with Crippen molar-refractivity contribution >= 4 is 18.2 Å². The van der Waals surface area contributed by atoms with Gasteiger partial charge < -0.3 is 15.1 Å².